The standard InChI is InChI=1S/C8H12N2O3S/c1-14(12,13)6-2-3-8(10-4-6)7(9)5-11/h2-4,7,11H,5,9H2,1H3. The Morgan fingerprint density at radius 2 is 2.21 bits per heavy atom. The van der Waals surface area contributed by atoms with Crippen LogP contribution in [0.5, 0.6) is 0 Å². The van der Waals surface area contributed by atoms with Crippen LogP contribution in [-0.4, -0.2) is 31.4 Å². The number of rotatable bonds is 3. The van der Waals surface area contributed by atoms with E-state index < -0.39 is 15.9 Å². The number of nitrogens with zero attached hydrogens (tertiary/aromatic N) is 1. The van der Waals surface area contributed by atoms with E-state index in [-0.39, 0.29) is 11.5 Å². The summed E-state index contributed by atoms with van der Waals surface area (Å²) in [5, 5.41) is 8.73. The summed E-state index contributed by atoms with van der Waals surface area (Å²) in [5.41, 5.74) is 5.96. The van der Waals surface area contributed by atoms with Crippen molar-refractivity contribution in [3.05, 3.63) is 24.0 Å². The van der Waals surface area contributed by atoms with Crippen molar-refractivity contribution in [2.24, 2.45) is 5.73 Å². The highest BCUT2D eigenvalue weighted by Crippen LogP contribution is 2.10. The number of pyridine rings is 1. The number of nitrogens with two attached hydrogens (primary N) is 1. The third-order valence-corrected chi connectivity index (χ3v) is 2.86. The molecule has 0 bridgehead atoms. The van der Waals surface area contributed by atoms with Crippen LogP contribution in [0.1, 0.15) is 11.7 Å². The molecule has 3 N–H and O–H groups in total. The first-order valence-electron chi connectivity index (χ1n) is 3.97. The molecule has 0 aliphatic carbocycles. The summed E-state index contributed by atoms with van der Waals surface area (Å²) in [4.78, 5) is 4.00. The summed E-state index contributed by atoms with van der Waals surface area (Å²) in [6, 6.07) is 2.35. The lowest BCUT2D eigenvalue weighted by atomic mass is 10.2. The Bertz CT molecular complexity index is 399. The molecule has 1 aromatic rings. The number of aliphatic hydroxyl groups excluding tert-OH is 1. The van der Waals surface area contributed by atoms with E-state index in [1.165, 1.54) is 18.3 Å². The summed E-state index contributed by atoms with van der Waals surface area (Å²) >= 11 is 0. The van der Waals surface area contributed by atoms with Gasteiger partial charge in [-0.2, -0.15) is 0 Å². The molecule has 1 atom stereocenters. The number of aromatic nitrogens is 1. The summed E-state index contributed by atoms with van der Waals surface area (Å²) in [6.45, 7) is -0.217. The Hall–Kier alpha value is -0.980. The molecule has 0 aromatic carbocycles. The van der Waals surface area contributed by atoms with E-state index in [9.17, 15) is 8.42 Å². The van der Waals surface area contributed by atoms with E-state index in [0.29, 0.717) is 5.69 Å². The predicted molar refractivity (Wildman–Crippen MR) is 51.4 cm³/mol. The van der Waals surface area contributed by atoms with Crippen LogP contribution >= 0.6 is 0 Å². The first-order chi connectivity index (χ1) is 6.45. The van der Waals surface area contributed by atoms with Gasteiger partial charge in [0.05, 0.1) is 23.2 Å². The van der Waals surface area contributed by atoms with Gasteiger partial charge in [0.15, 0.2) is 9.84 Å². The fourth-order valence-electron chi connectivity index (χ4n) is 0.924. The van der Waals surface area contributed by atoms with Crippen LogP contribution < -0.4 is 5.73 Å². The molecule has 0 saturated heterocycles. The van der Waals surface area contributed by atoms with Crippen molar-refractivity contribution in [3.63, 3.8) is 0 Å². The molecule has 0 saturated carbocycles. The molecule has 1 rings (SSSR count). The molecule has 78 valence electrons. The van der Waals surface area contributed by atoms with Crippen molar-refractivity contribution in [2.45, 2.75) is 10.9 Å². The van der Waals surface area contributed by atoms with Gasteiger partial charge in [-0.25, -0.2) is 8.42 Å². The highest BCUT2D eigenvalue weighted by Gasteiger charge is 2.09. The van der Waals surface area contributed by atoms with Crippen LogP contribution in [0.25, 0.3) is 0 Å². The lowest BCUT2D eigenvalue weighted by Crippen LogP contribution is -2.16. The SMILES string of the molecule is CS(=O)(=O)c1ccc(C(N)CO)nc1. The lowest BCUT2D eigenvalue weighted by Gasteiger charge is -2.07. The van der Waals surface area contributed by atoms with Gasteiger partial charge >= 0.3 is 0 Å². The molecule has 1 unspecified atom stereocenters. The van der Waals surface area contributed by atoms with Crippen LogP contribution in [0, 0.1) is 0 Å². The molecule has 0 spiro atoms. The van der Waals surface area contributed by atoms with Gasteiger partial charge in [-0.05, 0) is 12.1 Å². The Labute approximate surface area is 82.5 Å². The molecule has 0 aliphatic heterocycles. The van der Waals surface area contributed by atoms with Crippen molar-refractivity contribution in [1.29, 1.82) is 0 Å². The van der Waals surface area contributed by atoms with E-state index >= 15 is 0 Å². The van der Waals surface area contributed by atoms with E-state index in [1.807, 2.05) is 0 Å². The number of sulfone groups is 1. The van der Waals surface area contributed by atoms with E-state index in [2.05, 4.69) is 4.98 Å². The molecular weight excluding hydrogens is 204 g/mol. The molecule has 0 fully saturated rings. The predicted octanol–water partition coefficient (Wildman–Crippen LogP) is -0.523. The van der Waals surface area contributed by atoms with Crippen molar-refractivity contribution < 1.29 is 13.5 Å². The first kappa shape index (κ1) is 11.1. The minimum absolute atomic E-state index is 0.145. The van der Waals surface area contributed by atoms with Gasteiger partial charge in [0.1, 0.15) is 0 Å². The molecule has 0 aliphatic rings. The molecule has 0 radical (unpaired) electrons. The van der Waals surface area contributed by atoms with Gasteiger partial charge in [0.2, 0.25) is 0 Å². The average Bonchev–Trinajstić information content (AvgIpc) is 2.15. The van der Waals surface area contributed by atoms with E-state index in [0.717, 1.165) is 6.26 Å². The van der Waals surface area contributed by atoms with Crippen LogP contribution in [0.4, 0.5) is 0 Å². The molecule has 1 heterocycles. The Morgan fingerprint density at radius 1 is 1.57 bits per heavy atom. The molecular formula is C8H12N2O3S. The molecule has 0 amide bonds. The average molecular weight is 216 g/mol. The minimum Gasteiger partial charge on any atom is -0.394 e. The zero-order chi connectivity index (χ0) is 10.8. The second-order valence-corrected chi connectivity index (χ2v) is 5.00. The zero-order valence-electron chi connectivity index (χ0n) is 7.71. The van der Waals surface area contributed by atoms with E-state index in [1.54, 1.807) is 0 Å². The summed E-state index contributed by atoms with van der Waals surface area (Å²) in [6.07, 6.45) is 2.34. The highest BCUT2D eigenvalue weighted by atomic mass is 32.2. The van der Waals surface area contributed by atoms with Crippen LogP contribution in [0.15, 0.2) is 23.2 Å². The number of hydrogen-bond acceptors (Lipinski definition) is 5. The largest absolute Gasteiger partial charge is 0.394 e. The highest BCUT2D eigenvalue weighted by molar-refractivity contribution is 7.90. The summed E-state index contributed by atoms with van der Waals surface area (Å²) < 4.78 is 22.1. The summed E-state index contributed by atoms with van der Waals surface area (Å²) in [7, 11) is -3.22. The molecule has 14 heavy (non-hydrogen) atoms. The second-order valence-electron chi connectivity index (χ2n) is 2.98. The number of hydrogen-bond donors (Lipinski definition) is 2. The van der Waals surface area contributed by atoms with Crippen molar-refractivity contribution in [1.82, 2.24) is 4.98 Å². The Kier molecular flexibility index (Phi) is 3.20. The number of aliphatic hydroxyl groups is 1. The fraction of sp³-hybridized carbons (Fsp3) is 0.375. The maximum atomic E-state index is 11.1. The van der Waals surface area contributed by atoms with Gasteiger partial charge in [0, 0.05) is 12.5 Å². The molecule has 6 heteroatoms. The van der Waals surface area contributed by atoms with Gasteiger partial charge in [0.25, 0.3) is 0 Å². The van der Waals surface area contributed by atoms with Crippen molar-refractivity contribution >= 4 is 9.84 Å². The zero-order valence-corrected chi connectivity index (χ0v) is 8.53. The second kappa shape index (κ2) is 4.04. The van der Waals surface area contributed by atoms with Crippen LogP contribution in [0.3, 0.4) is 0 Å². The van der Waals surface area contributed by atoms with Crippen molar-refractivity contribution in [3.8, 4) is 0 Å². The quantitative estimate of drug-likeness (QED) is 0.709. The molecule has 5 nitrogen and oxygen atoms in total. The Balaban J connectivity index is 3.01. The van der Waals surface area contributed by atoms with Crippen LogP contribution in [-0.2, 0) is 9.84 Å². The maximum absolute atomic E-state index is 11.1. The minimum atomic E-state index is -3.22. The fourth-order valence-corrected chi connectivity index (χ4v) is 1.48. The van der Waals surface area contributed by atoms with Crippen molar-refractivity contribution in [2.75, 3.05) is 12.9 Å². The van der Waals surface area contributed by atoms with Gasteiger partial charge in [-0.1, -0.05) is 0 Å². The topological polar surface area (TPSA) is 93.3 Å². The maximum Gasteiger partial charge on any atom is 0.177 e. The lowest BCUT2D eigenvalue weighted by molar-refractivity contribution is 0.266. The summed E-state index contributed by atoms with van der Waals surface area (Å²) in [5.74, 6) is 0. The Morgan fingerprint density at radius 3 is 2.57 bits per heavy atom. The van der Waals surface area contributed by atoms with Crippen LogP contribution in [0.2, 0.25) is 0 Å². The molecule has 1 aromatic heterocycles. The van der Waals surface area contributed by atoms with Gasteiger partial charge in [-0.3, -0.25) is 4.98 Å². The van der Waals surface area contributed by atoms with Gasteiger partial charge < -0.3 is 10.8 Å². The monoisotopic (exact) mass is 216 g/mol. The smallest absolute Gasteiger partial charge is 0.177 e. The van der Waals surface area contributed by atoms with E-state index in [4.69, 9.17) is 10.8 Å². The third-order valence-electron chi connectivity index (χ3n) is 1.76. The first-order valence-corrected chi connectivity index (χ1v) is 5.86. The van der Waals surface area contributed by atoms with Gasteiger partial charge in [-0.15, -0.1) is 0 Å². The third kappa shape index (κ3) is 2.50. The normalized spacial score (nSPS) is 13.9.